The largest absolute Gasteiger partial charge is 0.349 e. The molecule has 0 atom stereocenters. The Kier molecular flexibility index (Phi) is 5.38. The number of amides is 1. The summed E-state index contributed by atoms with van der Waals surface area (Å²) < 4.78 is 0. The minimum atomic E-state index is -0.0426. The number of nitrogens with one attached hydrogen (secondary N) is 1. The van der Waals surface area contributed by atoms with Crippen molar-refractivity contribution in [1.82, 2.24) is 15.2 Å². The zero-order valence-corrected chi connectivity index (χ0v) is 12.9. The monoisotopic (exact) mass is 295 g/mol. The van der Waals surface area contributed by atoms with E-state index >= 15 is 0 Å². The topological polar surface area (TPSA) is 45.2 Å². The van der Waals surface area contributed by atoms with Crippen LogP contribution in [0.4, 0.5) is 0 Å². The van der Waals surface area contributed by atoms with Crippen LogP contribution in [-0.4, -0.2) is 41.5 Å². The molecule has 1 aromatic heterocycles. The molecule has 0 aromatic carbocycles. The van der Waals surface area contributed by atoms with Crippen LogP contribution >= 0.6 is 11.6 Å². The van der Waals surface area contributed by atoms with Gasteiger partial charge in [0.05, 0.1) is 0 Å². The number of piperidine rings is 1. The summed E-state index contributed by atoms with van der Waals surface area (Å²) in [6, 6.07) is 3.72. The van der Waals surface area contributed by atoms with Gasteiger partial charge >= 0.3 is 0 Å². The van der Waals surface area contributed by atoms with Gasteiger partial charge in [-0.15, -0.1) is 0 Å². The maximum Gasteiger partial charge on any atom is 0.251 e. The van der Waals surface area contributed by atoms with Crippen LogP contribution < -0.4 is 5.32 Å². The van der Waals surface area contributed by atoms with Crippen LogP contribution in [0.15, 0.2) is 12.1 Å². The second kappa shape index (κ2) is 7.04. The number of halogens is 1. The van der Waals surface area contributed by atoms with Crippen LogP contribution in [0.1, 0.15) is 42.7 Å². The van der Waals surface area contributed by atoms with Crippen LogP contribution in [-0.2, 0) is 6.42 Å². The Morgan fingerprint density at radius 3 is 2.70 bits per heavy atom. The van der Waals surface area contributed by atoms with Gasteiger partial charge in [-0.2, -0.15) is 0 Å². The number of rotatable bonds is 4. The predicted molar refractivity (Wildman–Crippen MR) is 81.2 cm³/mol. The third-order valence-electron chi connectivity index (χ3n) is 3.84. The third-order valence-corrected chi connectivity index (χ3v) is 4.04. The summed E-state index contributed by atoms with van der Waals surface area (Å²) in [6.07, 6.45) is 2.80. The average molecular weight is 296 g/mol. The van der Waals surface area contributed by atoms with Gasteiger partial charge in [0, 0.05) is 30.4 Å². The van der Waals surface area contributed by atoms with Crippen molar-refractivity contribution >= 4 is 17.5 Å². The molecular weight excluding hydrogens is 274 g/mol. The first-order valence-corrected chi connectivity index (χ1v) is 7.69. The summed E-state index contributed by atoms with van der Waals surface area (Å²) in [7, 11) is 0. The zero-order chi connectivity index (χ0) is 14.5. The number of carbonyl (C=O) groups is 1. The van der Waals surface area contributed by atoms with E-state index in [1.165, 1.54) is 0 Å². The molecule has 4 nitrogen and oxygen atoms in total. The smallest absolute Gasteiger partial charge is 0.251 e. The number of likely N-dealkylation sites (tertiary alicyclic amines) is 1. The van der Waals surface area contributed by atoms with Crippen LogP contribution in [0.2, 0.25) is 5.15 Å². The van der Waals surface area contributed by atoms with Crippen LogP contribution in [0.25, 0.3) is 0 Å². The lowest BCUT2D eigenvalue weighted by Crippen LogP contribution is -2.44. The number of aryl methyl sites for hydroxylation is 1. The average Bonchev–Trinajstić information content (AvgIpc) is 2.47. The highest BCUT2D eigenvalue weighted by Crippen LogP contribution is 2.14. The quantitative estimate of drug-likeness (QED) is 0.868. The molecule has 1 aliphatic heterocycles. The second-order valence-corrected chi connectivity index (χ2v) is 5.59. The van der Waals surface area contributed by atoms with Crippen LogP contribution in [0.3, 0.4) is 0 Å². The third kappa shape index (κ3) is 3.93. The molecule has 1 saturated heterocycles. The molecule has 0 unspecified atom stereocenters. The van der Waals surface area contributed by atoms with E-state index in [1.54, 1.807) is 6.07 Å². The molecule has 2 rings (SSSR count). The Morgan fingerprint density at radius 1 is 1.40 bits per heavy atom. The van der Waals surface area contributed by atoms with Crippen molar-refractivity contribution in [3.05, 3.63) is 28.5 Å². The summed E-state index contributed by atoms with van der Waals surface area (Å²) in [6.45, 7) is 7.36. The first-order valence-electron chi connectivity index (χ1n) is 7.32. The molecule has 5 heteroatoms. The molecule has 0 radical (unpaired) electrons. The molecule has 1 aliphatic rings. The summed E-state index contributed by atoms with van der Waals surface area (Å²) in [4.78, 5) is 18.9. The van der Waals surface area contributed by atoms with Crippen molar-refractivity contribution < 1.29 is 4.79 Å². The van der Waals surface area contributed by atoms with E-state index in [2.05, 4.69) is 22.1 Å². The van der Waals surface area contributed by atoms with E-state index in [4.69, 9.17) is 11.6 Å². The van der Waals surface area contributed by atoms with Gasteiger partial charge in [0.2, 0.25) is 0 Å². The fourth-order valence-electron chi connectivity index (χ4n) is 2.53. The van der Waals surface area contributed by atoms with Crippen molar-refractivity contribution in [1.29, 1.82) is 0 Å². The van der Waals surface area contributed by atoms with Crippen molar-refractivity contribution in [3.63, 3.8) is 0 Å². The zero-order valence-electron chi connectivity index (χ0n) is 12.2. The number of nitrogens with zero attached hydrogens (tertiary/aromatic N) is 2. The molecule has 1 N–H and O–H groups in total. The van der Waals surface area contributed by atoms with Crippen LogP contribution in [0.5, 0.6) is 0 Å². The maximum absolute atomic E-state index is 12.3. The summed E-state index contributed by atoms with van der Waals surface area (Å²) in [5.74, 6) is -0.0426. The Morgan fingerprint density at radius 2 is 2.10 bits per heavy atom. The number of carbonyl (C=O) groups excluding carboxylic acids is 1. The summed E-state index contributed by atoms with van der Waals surface area (Å²) in [5, 5.41) is 3.49. The number of pyridine rings is 1. The normalized spacial score (nSPS) is 17.1. The van der Waals surface area contributed by atoms with Crippen LogP contribution in [0, 0.1) is 0 Å². The minimum Gasteiger partial charge on any atom is -0.349 e. The van der Waals surface area contributed by atoms with E-state index < -0.39 is 0 Å². The van der Waals surface area contributed by atoms with Gasteiger partial charge < -0.3 is 10.2 Å². The Hall–Kier alpha value is -1.13. The highest BCUT2D eigenvalue weighted by Gasteiger charge is 2.20. The summed E-state index contributed by atoms with van der Waals surface area (Å²) in [5.41, 5.74) is 1.46. The number of aromatic nitrogens is 1. The number of hydrogen-bond acceptors (Lipinski definition) is 3. The van der Waals surface area contributed by atoms with Gasteiger partial charge in [-0.25, -0.2) is 4.98 Å². The van der Waals surface area contributed by atoms with Gasteiger partial charge in [0.15, 0.2) is 0 Å². The highest BCUT2D eigenvalue weighted by molar-refractivity contribution is 6.29. The van der Waals surface area contributed by atoms with E-state index in [1.807, 2.05) is 13.0 Å². The van der Waals surface area contributed by atoms with Gasteiger partial charge in [-0.3, -0.25) is 4.79 Å². The molecule has 1 aromatic rings. The van der Waals surface area contributed by atoms with Crippen molar-refractivity contribution in [3.8, 4) is 0 Å². The predicted octanol–water partition coefficient (Wildman–Crippen LogP) is 2.51. The van der Waals surface area contributed by atoms with E-state index in [0.717, 1.165) is 44.6 Å². The summed E-state index contributed by atoms with van der Waals surface area (Å²) >= 11 is 5.96. The first kappa shape index (κ1) is 15.3. The molecule has 110 valence electrons. The lowest BCUT2D eigenvalue weighted by molar-refractivity contribution is 0.0912. The maximum atomic E-state index is 12.3. The van der Waals surface area contributed by atoms with Gasteiger partial charge in [-0.1, -0.05) is 25.4 Å². The Balaban J connectivity index is 1.97. The van der Waals surface area contributed by atoms with Gasteiger partial charge in [0.1, 0.15) is 5.15 Å². The molecule has 0 aliphatic carbocycles. The van der Waals surface area contributed by atoms with Crippen molar-refractivity contribution in [2.24, 2.45) is 0 Å². The second-order valence-electron chi connectivity index (χ2n) is 5.21. The molecular formula is C15H22ClN3O. The van der Waals surface area contributed by atoms with Crippen molar-refractivity contribution in [2.75, 3.05) is 19.6 Å². The van der Waals surface area contributed by atoms with Crippen molar-refractivity contribution in [2.45, 2.75) is 39.2 Å². The molecule has 1 amide bonds. The lowest BCUT2D eigenvalue weighted by atomic mass is 10.0. The fourth-order valence-corrected chi connectivity index (χ4v) is 2.75. The lowest BCUT2D eigenvalue weighted by Gasteiger charge is -2.31. The highest BCUT2D eigenvalue weighted by atomic mass is 35.5. The Labute approximate surface area is 125 Å². The standard InChI is InChI=1S/C15H22ClN3O/c1-3-12-9-11(10-14(16)17-12)15(20)18-13-5-7-19(4-2)8-6-13/h9-10,13H,3-8H2,1-2H3,(H,18,20). The van der Waals surface area contributed by atoms with E-state index in [-0.39, 0.29) is 11.9 Å². The number of hydrogen-bond donors (Lipinski definition) is 1. The Bertz CT molecular complexity index is 470. The fraction of sp³-hybridized carbons (Fsp3) is 0.600. The van der Waals surface area contributed by atoms with Gasteiger partial charge in [0.25, 0.3) is 5.91 Å². The van der Waals surface area contributed by atoms with E-state index in [9.17, 15) is 4.79 Å². The molecule has 0 saturated carbocycles. The molecule has 0 bridgehead atoms. The van der Waals surface area contributed by atoms with E-state index in [0.29, 0.717) is 10.7 Å². The SMILES string of the molecule is CCc1cc(C(=O)NC2CCN(CC)CC2)cc(Cl)n1. The van der Waals surface area contributed by atoms with Gasteiger partial charge in [-0.05, 0) is 37.9 Å². The molecule has 0 spiro atoms. The molecule has 20 heavy (non-hydrogen) atoms. The first-order chi connectivity index (χ1) is 9.62. The minimum absolute atomic E-state index is 0.0426. The molecule has 2 heterocycles. The molecule has 1 fully saturated rings.